The van der Waals surface area contributed by atoms with Crippen molar-refractivity contribution in [2.45, 2.75) is 40.0 Å². The van der Waals surface area contributed by atoms with E-state index in [0.717, 1.165) is 25.8 Å². The van der Waals surface area contributed by atoms with Crippen LogP contribution in [0.3, 0.4) is 0 Å². The van der Waals surface area contributed by atoms with Gasteiger partial charge in [0.05, 0.1) is 6.61 Å². The van der Waals surface area contributed by atoms with Crippen molar-refractivity contribution in [1.82, 2.24) is 5.48 Å². The summed E-state index contributed by atoms with van der Waals surface area (Å²) in [4.78, 5) is 5.41. The second-order valence-corrected chi connectivity index (χ2v) is 5.31. The van der Waals surface area contributed by atoms with Crippen LogP contribution in [0.4, 0.5) is 0 Å². The molecule has 0 spiro atoms. The second kappa shape index (κ2) is 10.4. The van der Waals surface area contributed by atoms with Crippen LogP contribution in [-0.4, -0.2) is 13.2 Å². The molecular weight excluding hydrogens is 246 g/mol. The number of hydrogen-bond acceptors (Lipinski definition) is 2. The fourth-order valence-electron chi connectivity index (χ4n) is 1.85. The summed E-state index contributed by atoms with van der Waals surface area (Å²) >= 11 is 0. The van der Waals surface area contributed by atoms with Gasteiger partial charge in [-0.2, -0.15) is 0 Å². The van der Waals surface area contributed by atoms with Crippen LogP contribution in [0, 0.1) is 0 Å². The van der Waals surface area contributed by atoms with E-state index in [2.05, 4.69) is 62.7 Å². The summed E-state index contributed by atoms with van der Waals surface area (Å²) < 4.78 is 0. The monoisotopic (exact) mass is 273 g/mol. The summed E-state index contributed by atoms with van der Waals surface area (Å²) in [6, 6.07) is 10.4. The first-order valence-electron chi connectivity index (χ1n) is 7.36. The van der Waals surface area contributed by atoms with Crippen LogP contribution in [0.1, 0.15) is 39.2 Å². The molecule has 1 N–H and O–H groups in total. The Morgan fingerprint density at radius 1 is 1.10 bits per heavy atom. The lowest BCUT2D eigenvalue weighted by Gasteiger charge is -2.05. The predicted octanol–water partition coefficient (Wildman–Crippen LogP) is 4.44. The molecule has 1 aromatic rings. The van der Waals surface area contributed by atoms with Gasteiger partial charge in [-0.25, -0.2) is 5.48 Å². The molecule has 2 nitrogen and oxygen atoms in total. The van der Waals surface area contributed by atoms with Crippen LogP contribution in [0.2, 0.25) is 0 Å². The van der Waals surface area contributed by atoms with Crippen molar-refractivity contribution in [2.75, 3.05) is 13.2 Å². The van der Waals surface area contributed by atoms with Crippen LogP contribution in [0.15, 0.2) is 53.6 Å². The summed E-state index contributed by atoms with van der Waals surface area (Å²) in [5.74, 6) is 0. The van der Waals surface area contributed by atoms with Crippen molar-refractivity contribution in [3.8, 4) is 0 Å². The maximum Gasteiger partial charge on any atom is 0.0866 e. The van der Waals surface area contributed by atoms with Crippen LogP contribution >= 0.6 is 0 Å². The Morgan fingerprint density at radius 3 is 2.55 bits per heavy atom. The summed E-state index contributed by atoms with van der Waals surface area (Å²) in [6.07, 6.45) is 7.64. The van der Waals surface area contributed by atoms with E-state index < -0.39 is 0 Å². The molecule has 0 amide bonds. The molecule has 0 radical (unpaired) electrons. The molecule has 0 bridgehead atoms. The quantitative estimate of drug-likeness (QED) is 0.408. The van der Waals surface area contributed by atoms with Gasteiger partial charge in [0.2, 0.25) is 0 Å². The molecule has 0 saturated carbocycles. The fourth-order valence-corrected chi connectivity index (χ4v) is 1.85. The third-order valence-electron chi connectivity index (χ3n) is 3.07. The lowest BCUT2D eigenvalue weighted by molar-refractivity contribution is 0.0631. The molecule has 1 aromatic carbocycles. The molecule has 0 heterocycles. The highest BCUT2D eigenvalue weighted by Crippen LogP contribution is 2.06. The first-order chi connectivity index (χ1) is 9.68. The van der Waals surface area contributed by atoms with E-state index in [0.29, 0.717) is 6.61 Å². The topological polar surface area (TPSA) is 21.3 Å². The fraction of sp³-hybridized carbons (Fsp3) is 0.444. The van der Waals surface area contributed by atoms with Crippen molar-refractivity contribution in [1.29, 1.82) is 0 Å². The predicted molar refractivity (Wildman–Crippen MR) is 86.5 cm³/mol. The van der Waals surface area contributed by atoms with E-state index in [4.69, 9.17) is 4.84 Å². The minimum atomic E-state index is 0.634. The average molecular weight is 273 g/mol. The van der Waals surface area contributed by atoms with E-state index in [9.17, 15) is 0 Å². The van der Waals surface area contributed by atoms with Crippen LogP contribution in [0.5, 0.6) is 0 Å². The molecular formula is C18H27NO. The van der Waals surface area contributed by atoms with E-state index in [-0.39, 0.29) is 0 Å². The SMILES string of the molecule is CC(C)=CCC/C(C)=C/CONCCc1ccccc1. The summed E-state index contributed by atoms with van der Waals surface area (Å²) in [7, 11) is 0. The van der Waals surface area contributed by atoms with E-state index in [1.165, 1.54) is 16.7 Å². The number of hydroxylamine groups is 1. The highest BCUT2D eigenvalue weighted by atomic mass is 16.6. The molecule has 0 aliphatic heterocycles. The molecule has 0 aromatic heterocycles. The zero-order valence-electron chi connectivity index (χ0n) is 13.0. The van der Waals surface area contributed by atoms with Gasteiger partial charge in [0.25, 0.3) is 0 Å². The largest absolute Gasteiger partial charge is 0.298 e. The summed E-state index contributed by atoms with van der Waals surface area (Å²) in [5.41, 5.74) is 7.11. The van der Waals surface area contributed by atoms with Crippen LogP contribution < -0.4 is 5.48 Å². The molecule has 0 unspecified atom stereocenters. The van der Waals surface area contributed by atoms with Crippen molar-refractivity contribution in [2.24, 2.45) is 0 Å². The van der Waals surface area contributed by atoms with E-state index >= 15 is 0 Å². The van der Waals surface area contributed by atoms with E-state index in [1.807, 2.05) is 6.07 Å². The lowest BCUT2D eigenvalue weighted by atomic mass is 10.1. The lowest BCUT2D eigenvalue weighted by Crippen LogP contribution is -2.17. The highest BCUT2D eigenvalue weighted by molar-refractivity contribution is 5.14. The van der Waals surface area contributed by atoms with E-state index in [1.54, 1.807) is 0 Å². The van der Waals surface area contributed by atoms with Gasteiger partial charge in [-0.3, -0.25) is 4.84 Å². The second-order valence-electron chi connectivity index (χ2n) is 5.31. The smallest absolute Gasteiger partial charge is 0.0866 e. The number of rotatable bonds is 9. The molecule has 110 valence electrons. The summed E-state index contributed by atoms with van der Waals surface area (Å²) in [5, 5.41) is 0. The molecule has 0 fully saturated rings. The zero-order valence-corrected chi connectivity index (χ0v) is 13.0. The third kappa shape index (κ3) is 8.68. The number of allylic oxidation sites excluding steroid dienone is 3. The average Bonchev–Trinajstić information content (AvgIpc) is 2.43. The Morgan fingerprint density at radius 2 is 1.85 bits per heavy atom. The Kier molecular flexibility index (Phi) is 8.68. The summed E-state index contributed by atoms with van der Waals surface area (Å²) in [6.45, 7) is 7.91. The third-order valence-corrected chi connectivity index (χ3v) is 3.07. The number of hydrogen-bond donors (Lipinski definition) is 1. The zero-order chi connectivity index (χ0) is 14.6. The van der Waals surface area contributed by atoms with Gasteiger partial charge in [-0.15, -0.1) is 0 Å². The molecule has 2 heteroatoms. The molecule has 1 rings (SSSR count). The maximum atomic E-state index is 5.41. The van der Waals surface area contributed by atoms with Crippen molar-refractivity contribution in [3.63, 3.8) is 0 Å². The van der Waals surface area contributed by atoms with Crippen LogP contribution in [0.25, 0.3) is 0 Å². The minimum Gasteiger partial charge on any atom is -0.298 e. The standard InChI is InChI=1S/C18H27NO/c1-16(2)8-7-9-17(3)13-15-20-19-14-12-18-10-5-4-6-11-18/h4-6,8,10-11,13,19H,7,9,12,14-15H2,1-3H3/b17-13+. The molecule has 0 saturated heterocycles. The normalized spacial score (nSPS) is 11.4. The highest BCUT2D eigenvalue weighted by Gasteiger charge is 1.92. The Hall–Kier alpha value is -1.38. The Labute approximate surface area is 123 Å². The van der Waals surface area contributed by atoms with Gasteiger partial charge in [0.15, 0.2) is 0 Å². The Balaban J connectivity index is 2.05. The molecule has 0 aliphatic carbocycles. The molecule has 20 heavy (non-hydrogen) atoms. The first kappa shape index (κ1) is 16.7. The number of nitrogens with one attached hydrogen (secondary N) is 1. The van der Waals surface area contributed by atoms with Gasteiger partial charge in [-0.1, -0.05) is 53.6 Å². The Bertz CT molecular complexity index is 416. The first-order valence-corrected chi connectivity index (χ1v) is 7.36. The van der Waals surface area contributed by atoms with Crippen molar-refractivity contribution < 1.29 is 4.84 Å². The van der Waals surface area contributed by atoms with Gasteiger partial charge in [0.1, 0.15) is 0 Å². The van der Waals surface area contributed by atoms with Gasteiger partial charge in [0, 0.05) is 6.54 Å². The maximum absolute atomic E-state index is 5.41. The van der Waals surface area contributed by atoms with Crippen molar-refractivity contribution in [3.05, 3.63) is 59.2 Å². The molecule has 0 aliphatic rings. The van der Waals surface area contributed by atoms with Crippen molar-refractivity contribution >= 4 is 0 Å². The molecule has 0 atom stereocenters. The van der Waals surface area contributed by atoms with Gasteiger partial charge >= 0.3 is 0 Å². The minimum absolute atomic E-state index is 0.634. The van der Waals surface area contributed by atoms with Crippen LogP contribution in [-0.2, 0) is 11.3 Å². The number of benzene rings is 1. The van der Waals surface area contributed by atoms with Gasteiger partial charge in [-0.05, 0) is 45.6 Å². The van der Waals surface area contributed by atoms with Gasteiger partial charge < -0.3 is 0 Å².